The van der Waals surface area contributed by atoms with E-state index in [1.807, 2.05) is 5.38 Å². The first-order valence-corrected chi connectivity index (χ1v) is 5.22. The maximum atomic E-state index is 12.0. The standard InChI is InChI=1S/C9H6F2N2O2S/c10-8(11)5(14)4-7-12-9(13-15-7)6-2-1-3-16-6/h1-3,8H,4H2. The minimum absolute atomic E-state index is 0.0892. The fraction of sp³-hybridized carbons (Fsp3) is 0.222. The smallest absolute Gasteiger partial charge is 0.296 e. The van der Waals surface area contributed by atoms with Gasteiger partial charge in [0.2, 0.25) is 17.5 Å². The van der Waals surface area contributed by atoms with Crippen molar-refractivity contribution in [2.45, 2.75) is 12.8 Å². The average Bonchev–Trinajstić information content (AvgIpc) is 2.85. The third-order valence-corrected chi connectivity index (χ3v) is 2.64. The molecule has 7 heteroatoms. The van der Waals surface area contributed by atoms with Crippen LogP contribution < -0.4 is 0 Å². The zero-order valence-electron chi connectivity index (χ0n) is 7.89. The van der Waals surface area contributed by atoms with Crippen molar-refractivity contribution in [3.8, 4) is 10.7 Å². The topological polar surface area (TPSA) is 56.0 Å². The van der Waals surface area contributed by atoms with Crippen molar-refractivity contribution in [3.05, 3.63) is 23.4 Å². The van der Waals surface area contributed by atoms with E-state index in [4.69, 9.17) is 4.52 Å². The lowest BCUT2D eigenvalue weighted by Gasteiger charge is -1.92. The lowest BCUT2D eigenvalue weighted by molar-refractivity contribution is -0.129. The van der Waals surface area contributed by atoms with Crippen LogP contribution in [0.5, 0.6) is 0 Å². The molecule has 0 bridgehead atoms. The molecule has 0 aliphatic rings. The zero-order valence-corrected chi connectivity index (χ0v) is 8.71. The first kappa shape index (κ1) is 10.9. The molecular weight excluding hydrogens is 238 g/mol. The van der Waals surface area contributed by atoms with Gasteiger partial charge in [-0.25, -0.2) is 8.78 Å². The minimum atomic E-state index is -3.00. The van der Waals surface area contributed by atoms with Crippen LogP contribution in [0, 0.1) is 0 Å². The fourth-order valence-corrected chi connectivity index (χ4v) is 1.71. The summed E-state index contributed by atoms with van der Waals surface area (Å²) in [5.74, 6) is -0.998. The van der Waals surface area contributed by atoms with E-state index in [2.05, 4.69) is 10.1 Å². The summed E-state index contributed by atoms with van der Waals surface area (Å²) in [7, 11) is 0. The molecule has 0 fully saturated rings. The van der Waals surface area contributed by atoms with Gasteiger partial charge >= 0.3 is 0 Å². The SMILES string of the molecule is O=C(Cc1nc(-c2cccs2)no1)C(F)F. The summed E-state index contributed by atoms with van der Waals surface area (Å²) in [5, 5.41) is 5.43. The summed E-state index contributed by atoms with van der Waals surface area (Å²) in [6.45, 7) is 0. The lowest BCUT2D eigenvalue weighted by Crippen LogP contribution is -2.12. The number of ketones is 1. The number of carbonyl (C=O) groups is 1. The molecule has 0 radical (unpaired) electrons. The molecule has 2 heterocycles. The van der Waals surface area contributed by atoms with Gasteiger partial charge in [-0.1, -0.05) is 11.2 Å². The van der Waals surface area contributed by atoms with Crippen LogP contribution in [-0.4, -0.2) is 22.3 Å². The van der Waals surface area contributed by atoms with Crippen molar-refractivity contribution in [1.82, 2.24) is 10.1 Å². The number of Topliss-reactive ketones (excluding diaryl/α,β-unsaturated/α-hetero) is 1. The van der Waals surface area contributed by atoms with Crippen molar-refractivity contribution >= 4 is 17.1 Å². The summed E-state index contributed by atoms with van der Waals surface area (Å²) < 4.78 is 28.6. The number of rotatable bonds is 4. The number of halogens is 2. The van der Waals surface area contributed by atoms with Crippen molar-refractivity contribution in [3.63, 3.8) is 0 Å². The Balaban J connectivity index is 2.11. The van der Waals surface area contributed by atoms with Gasteiger partial charge in [0.25, 0.3) is 6.43 Å². The predicted molar refractivity (Wildman–Crippen MR) is 52.3 cm³/mol. The van der Waals surface area contributed by atoms with Crippen LogP contribution in [0.25, 0.3) is 10.7 Å². The lowest BCUT2D eigenvalue weighted by atomic mass is 10.3. The van der Waals surface area contributed by atoms with Gasteiger partial charge in [0.1, 0.15) is 0 Å². The third kappa shape index (κ3) is 2.30. The molecule has 84 valence electrons. The number of thiophene rings is 1. The molecule has 0 unspecified atom stereocenters. The molecule has 2 rings (SSSR count). The number of aromatic nitrogens is 2. The van der Waals surface area contributed by atoms with E-state index in [0.717, 1.165) is 4.88 Å². The van der Waals surface area contributed by atoms with Gasteiger partial charge in [-0.15, -0.1) is 11.3 Å². The van der Waals surface area contributed by atoms with E-state index in [-0.39, 0.29) is 5.89 Å². The summed E-state index contributed by atoms with van der Waals surface area (Å²) >= 11 is 1.40. The summed E-state index contributed by atoms with van der Waals surface area (Å²) in [6.07, 6.45) is -3.53. The molecule has 16 heavy (non-hydrogen) atoms. The monoisotopic (exact) mass is 244 g/mol. The molecule has 0 saturated heterocycles. The Morgan fingerprint density at radius 3 is 3.00 bits per heavy atom. The van der Waals surface area contributed by atoms with Gasteiger partial charge in [-0.05, 0) is 11.4 Å². The molecule has 0 aliphatic carbocycles. The fourth-order valence-electron chi connectivity index (χ4n) is 1.06. The second-order valence-corrected chi connectivity index (χ2v) is 3.88. The normalized spacial score (nSPS) is 10.9. The van der Waals surface area contributed by atoms with Gasteiger partial charge < -0.3 is 4.52 Å². The third-order valence-electron chi connectivity index (χ3n) is 1.78. The molecule has 4 nitrogen and oxygen atoms in total. The number of alkyl halides is 2. The van der Waals surface area contributed by atoms with Crippen LogP contribution in [0.1, 0.15) is 5.89 Å². The largest absolute Gasteiger partial charge is 0.338 e. The van der Waals surface area contributed by atoms with Crippen LogP contribution in [0.15, 0.2) is 22.0 Å². The molecule has 0 aromatic carbocycles. The maximum absolute atomic E-state index is 12.0. The molecular formula is C9H6F2N2O2S. The van der Waals surface area contributed by atoms with Crippen molar-refractivity contribution in [2.75, 3.05) is 0 Å². The van der Waals surface area contributed by atoms with Crippen molar-refractivity contribution in [1.29, 1.82) is 0 Å². The molecule has 0 atom stereocenters. The number of carbonyl (C=O) groups excluding carboxylic acids is 1. The molecule has 0 aliphatic heterocycles. The van der Waals surface area contributed by atoms with Crippen LogP contribution >= 0.6 is 11.3 Å². The summed E-state index contributed by atoms with van der Waals surface area (Å²) in [6, 6.07) is 3.58. The Kier molecular flexibility index (Phi) is 3.04. The quantitative estimate of drug-likeness (QED) is 0.827. The van der Waals surface area contributed by atoms with Gasteiger partial charge in [0.05, 0.1) is 11.3 Å². The Morgan fingerprint density at radius 1 is 1.56 bits per heavy atom. The van der Waals surface area contributed by atoms with E-state index in [0.29, 0.717) is 5.82 Å². The van der Waals surface area contributed by atoms with Crippen LogP contribution in [0.3, 0.4) is 0 Å². The van der Waals surface area contributed by atoms with E-state index >= 15 is 0 Å². The number of hydrogen-bond acceptors (Lipinski definition) is 5. The van der Waals surface area contributed by atoms with E-state index < -0.39 is 18.6 Å². The molecule has 0 saturated carbocycles. The highest BCUT2D eigenvalue weighted by molar-refractivity contribution is 7.13. The highest BCUT2D eigenvalue weighted by Gasteiger charge is 2.19. The first-order chi connectivity index (χ1) is 7.66. The molecule has 0 N–H and O–H groups in total. The molecule has 0 spiro atoms. The molecule has 0 amide bonds. The highest BCUT2D eigenvalue weighted by atomic mass is 32.1. The second-order valence-electron chi connectivity index (χ2n) is 2.93. The van der Waals surface area contributed by atoms with E-state index in [1.165, 1.54) is 11.3 Å². The van der Waals surface area contributed by atoms with Crippen LogP contribution in [0.2, 0.25) is 0 Å². The Hall–Kier alpha value is -1.63. The van der Waals surface area contributed by atoms with E-state index in [9.17, 15) is 13.6 Å². The highest BCUT2D eigenvalue weighted by Crippen LogP contribution is 2.21. The second kappa shape index (κ2) is 4.48. The Morgan fingerprint density at radius 2 is 2.38 bits per heavy atom. The van der Waals surface area contributed by atoms with Gasteiger partial charge in [0.15, 0.2) is 0 Å². The van der Waals surface area contributed by atoms with Crippen molar-refractivity contribution < 1.29 is 18.1 Å². The number of hydrogen-bond donors (Lipinski definition) is 0. The molecule has 2 aromatic heterocycles. The number of nitrogens with zero attached hydrogens (tertiary/aromatic N) is 2. The van der Waals surface area contributed by atoms with Crippen molar-refractivity contribution in [2.24, 2.45) is 0 Å². The van der Waals surface area contributed by atoms with E-state index in [1.54, 1.807) is 12.1 Å². The summed E-state index contributed by atoms with van der Waals surface area (Å²) in [5.41, 5.74) is 0. The first-order valence-electron chi connectivity index (χ1n) is 4.34. The summed E-state index contributed by atoms with van der Waals surface area (Å²) in [4.78, 5) is 15.3. The Bertz CT molecular complexity index is 481. The maximum Gasteiger partial charge on any atom is 0.296 e. The van der Waals surface area contributed by atoms with Gasteiger partial charge in [0, 0.05) is 0 Å². The molecule has 2 aromatic rings. The minimum Gasteiger partial charge on any atom is -0.338 e. The predicted octanol–water partition coefficient (Wildman–Crippen LogP) is 2.17. The average molecular weight is 244 g/mol. The van der Waals surface area contributed by atoms with Gasteiger partial charge in [-0.2, -0.15) is 4.98 Å². The Labute approximate surface area is 92.9 Å². The van der Waals surface area contributed by atoms with Crippen LogP contribution in [0.4, 0.5) is 8.78 Å². The van der Waals surface area contributed by atoms with Crippen LogP contribution in [-0.2, 0) is 11.2 Å². The van der Waals surface area contributed by atoms with Gasteiger partial charge in [-0.3, -0.25) is 4.79 Å². The zero-order chi connectivity index (χ0) is 11.5.